The number of carbonyl (C=O) groups excluding carboxylic acids is 1. The zero-order valence-corrected chi connectivity index (χ0v) is 13.2. The fourth-order valence-corrected chi connectivity index (χ4v) is 2.14. The van der Waals surface area contributed by atoms with E-state index in [4.69, 9.17) is 9.47 Å². The lowest BCUT2D eigenvalue weighted by Gasteiger charge is -2.15. The lowest BCUT2D eigenvalue weighted by Crippen LogP contribution is -2.29. The number of benzene rings is 2. The van der Waals surface area contributed by atoms with Crippen LogP contribution in [0.25, 0.3) is 0 Å². The molecule has 0 spiro atoms. The molecule has 0 radical (unpaired) electrons. The number of hydrogen-bond acceptors (Lipinski definition) is 4. The standard InChI is InChI=1S/C17H17F2NO4/c1-23-15-6-3-10(7-16(15)24-2)14(21)9-20-17(22)12-5-4-11(18)8-13(12)19/h3-8,14,21H,9H2,1-2H3,(H,20,22)/t14-/m1/s1. The van der Waals surface area contributed by atoms with Gasteiger partial charge in [-0.2, -0.15) is 0 Å². The van der Waals surface area contributed by atoms with E-state index in [1.54, 1.807) is 18.2 Å². The molecule has 2 N–H and O–H groups in total. The molecule has 1 atom stereocenters. The first-order valence-electron chi connectivity index (χ1n) is 7.09. The minimum atomic E-state index is -1.03. The molecule has 1 amide bonds. The summed E-state index contributed by atoms with van der Waals surface area (Å²) in [5.41, 5.74) is 0.198. The number of methoxy groups -OCH3 is 2. The molecular weight excluding hydrogens is 320 g/mol. The molecule has 0 saturated heterocycles. The zero-order chi connectivity index (χ0) is 17.7. The number of carbonyl (C=O) groups is 1. The van der Waals surface area contributed by atoms with Crippen LogP contribution >= 0.6 is 0 Å². The monoisotopic (exact) mass is 337 g/mol. The normalized spacial score (nSPS) is 11.7. The van der Waals surface area contributed by atoms with Gasteiger partial charge in [0.2, 0.25) is 0 Å². The van der Waals surface area contributed by atoms with E-state index in [0.717, 1.165) is 12.1 Å². The Morgan fingerprint density at radius 2 is 1.83 bits per heavy atom. The van der Waals surface area contributed by atoms with Crippen LogP contribution in [0, 0.1) is 11.6 Å². The average molecular weight is 337 g/mol. The quantitative estimate of drug-likeness (QED) is 0.850. The minimum Gasteiger partial charge on any atom is -0.493 e. The van der Waals surface area contributed by atoms with Gasteiger partial charge in [-0.05, 0) is 29.8 Å². The Bertz CT molecular complexity index is 737. The predicted molar refractivity (Wildman–Crippen MR) is 83.2 cm³/mol. The highest BCUT2D eigenvalue weighted by Gasteiger charge is 2.16. The van der Waals surface area contributed by atoms with Crippen molar-refractivity contribution in [1.29, 1.82) is 0 Å². The molecule has 24 heavy (non-hydrogen) atoms. The van der Waals surface area contributed by atoms with E-state index in [1.165, 1.54) is 14.2 Å². The number of nitrogens with one attached hydrogen (secondary N) is 1. The van der Waals surface area contributed by atoms with Crippen LogP contribution in [-0.4, -0.2) is 31.8 Å². The summed E-state index contributed by atoms with van der Waals surface area (Å²) in [6.45, 7) is -0.148. The topological polar surface area (TPSA) is 67.8 Å². The van der Waals surface area contributed by atoms with Crippen LogP contribution in [0.3, 0.4) is 0 Å². The molecule has 0 aliphatic carbocycles. The fourth-order valence-electron chi connectivity index (χ4n) is 2.14. The second-order valence-corrected chi connectivity index (χ2v) is 4.96. The summed E-state index contributed by atoms with van der Waals surface area (Å²) in [5.74, 6) is -1.54. The van der Waals surface area contributed by atoms with E-state index < -0.39 is 23.6 Å². The van der Waals surface area contributed by atoms with E-state index in [-0.39, 0.29) is 12.1 Å². The first-order valence-corrected chi connectivity index (χ1v) is 7.09. The summed E-state index contributed by atoms with van der Waals surface area (Å²) in [7, 11) is 2.96. The maximum atomic E-state index is 13.5. The Morgan fingerprint density at radius 3 is 2.46 bits per heavy atom. The molecule has 0 saturated carbocycles. The number of hydrogen-bond donors (Lipinski definition) is 2. The molecule has 5 nitrogen and oxygen atoms in total. The van der Waals surface area contributed by atoms with Gasteiger partial charge in [-0.3, -0.25) is 4.79 Å². The van der Waals surface area contributed by atoms with Gasteiger partial charge < -0.3 is 19.9 Å². The predicted octanol–water partition coefficient (Wildman–Crippen LogP) is 2.45. The fraction of sp³-hybridized carbons (Fsp3) is 0.235. The van der Waals surface area contributed by atoms with Gasteiger partial charge in [-0.15, -0.1) is 0 Å². The Hall–Kier alpha value is -2.67. The lowest BCUT2D eigenvalue weighted by atomic mass is 10.1. The lowest BCUT2D eigenvalue weighted by molar-refractivity contribution is 0.0912. The summed E-state index contributed by atoms with van der Waals surface area (Å²) >= 11 is 0. The van der Waals surface area contributed by atoms with Crippen molar-refractivity contribution in [3.63, 3.8) is 0 Å². The number of halogens is 2. The molecule has 2 aromatic rings. The van der Waals surface area contributed by atoms with Crippen molar-refractivity contribution in [2.24, 2.45) is 0 Å². The number of rotatable bonds is 6. The highest BCUT2D eigenvalue weighted by atomic mass is 19.1. The van der Waals surface area contributed by atoms with Crippen LogP contribution < -0.4 is 14.8 Å². The SMILES string of the molecule is COc1ccc([C@H](O)CNC(=O)c2ccc(F)cc2F)cc1OC. The highest BCUT2D eigenvalue weighted by Crippen LogP contribution is 2.29. The van der Waals surface area contributed by atoms with Crippen LogP contribution in [-0.2, 0) is 0 Å². The van der Waals surface area contributed by atoms with Crippen LogP contribution in [0.2, 0.25) is 0 Å². The molecule has 128 valence electrons. The van der Waals surface area contributed by atoms with Crippen molar-refractivity contribution in [2.75, 3.05) is 20.8 Å². The molecule has 0 fully saturated rings. The summed E-state index contributed by atoms with van der Waals surface area (Å²) in [4.78, 5) is 11.9. The van der Waals surface area contributed by atoms with Gasteiger partial charge in [0, 0.05) is 12.6 Å². The van der Waals surface area contributed by atoms with Gasteiger partial charge in [-0.25, -0.2) is 8.78 Å². The molecule has 0 bridgehead atoms. The van der Waals surface area contributed by atoms with Crippen molar-refractivity contribution in [3.05, 3.63) is 59.2 Å². The summed E-state index contributed by atoms with van der Waals surface area (Å²) in [5, 5.41) is 12.5. The number of aliphatic hydroxyl groups excluding tert-OH is 1. The second kappa shape index (κ2) is 7.74. The molecule has 2 rings (SSSR count). The molecule has 2 aromatic carbocycles. The van der Waals surface area contributed by atoms with Crippen molar-refractivity contribution in [2.45, 2.75) is 6.10 Å². The van der Waals surface area contributed by atoms with Crippen LogP contribution in [0.1, 0.15) is 22.0 Å². The van der Waals surface area contributed by atoms with E-state index in [0.29, 0.717) is 23.1 Å². The number of ether oxygens (including phenoxy) is 2. The first kappa shape index (κ1) is 17.7. The molecule has 0 heterocycles. The second-order valence-electron chi connectivity index (χ2n) is 4.96. The zero-order valence-electron chi connectivity index (χ0n) is 13.2. The first-order chi connectivity index (χ1) is 11.5. The Labute approximate surface area is 137 Å². The largest absolute Gasteiger partial charge is 0.493 e. The van der Waals surface area contributed by atoms with Gasteiger partial charge in [0.1, 0.15) is 11.6 Å². The summed E-state index contributed by atoms with van der Waals surface area (Å²) < 4.78 is 36.6. The van der Waals surface area contributed by atoms with Gasteiger partial charge in [0.05, 0.1) is 25.9 Å². The van der Waals surface area contributed by atoms with E-state index in [9.17, 15) is 18.7 Å². The number of amides is 1. The van der Waals surface area contributed by atoms with Crippen LogP contribution in [0.5, 0.6) is 11.5 Å². The summed E-state index contributed by atoms with van der Waals surface area (Å²) in [6.07, 6.45) is -1.03. The van der Waals surface area contributed by atoms with Crippen molar-refractivity contribution in [1.82, 2.24) is 5.32 Å². The third-order valence-corrected chi connectivity index (χ3v) is 3.42. The molecule has 0 aliphatic rings. The molecular formula is C17H17F2NO4. The Balaban J connectivity index is 2.04. The molecule has 0 aliphatic heterocycles. The van der Waals surface area contributed by atoms with Gasteiger partial charge in [0.15, 0.2) is 11.5 Å². The van der Waals surface area contributed by atoms with Crippen molar-refractivity contribution < 1.29 is 28.2 Å². The van der Waals surface area contributed by atoms with Crippen molar-refractivity contribution >= 4 is 5.91 Å². The minimum absolute atomic E-state index is 0.148. The Morgan fingerprint density at radius 1 is 1.12 bits per heavy atom. The van der Waals surface area contributed by atoms with Crippen molar-refractivity contribution in [3.8, 4) is 11.5 Å². The van der Waals surface area contributed by atoms with E-state index in [2.05, 4.69) is 5.32 Å². The number of aliphatic hydroxyl groups is 1. The van der Waals surface area contributed by atoms with Gasteiger partial charge >= 0.3 is 0 Å². The van der Waals surface area contributed by atoms with E-state index in [1.807, 2.05) is 0 Å². The van der Waals surface area contributed by atoms with Crippen LogP contribution in [0.4, 0.5) is 8.78 Å². The Kier molecular flexibility index (Phi) is 5.70. The highest BCUT2D eigenvalue weighted by molar-refractivity contribution is 5.94. The third-order valence-electron chi connectivity index (χ3n) is 3.42. The third kappa shape index (κ3) is 3.99. The average Bonchev–Trinajstić information content (AvgIpc) is 2.58. The van der Waals surface area contributed by atoms with Crippen LogP contribution in [0.15, 0.2) is 36.4 Å². The summed E-state index contributed by atoms with van der Waals surface area (Å²) in [6, 6.07) is 7.48. The van der Waals surface area contributed by atoms with Gasteiger partial charge in [0.25, 0.3) is 5.91 Å². The maximum Gasteiger partial charge on any atom is 0.254 e. The van der Waals surface area contributed by atoms with E-state index >= 15 is 0 Å². The molecule has 7 heteroatoms. The maximum absolute atomic E-state index is 13.5. The molecule has 0 unspecified atom stereocenters. The molecule has 0 aromatic heterocycles. The van der Waals surface area contributed by atoms with Gasteiger partial charge in [-0.1, -0.05) is 6.07 Å². The smallest absolute Gasteiger partial charge is 0.254 e.